The number of nitrogens with one attached hydrogen (secondary N) is 3. The van der Waals surface area contributed by atoms with E-state index in [2.05, 4.69) is 86.8 Å². The summed E-state index contributed by atoms with van der Waals surface area (Å²) < 4.78 is 2.15. The summed E-state index contributed by atoms with van der Waals surface area (Å²) in [6, 6.07) is 17.0. The summed E-state index contributed by atoms with van der Waals surface area (Å²) in [6.07, 6.45) is 6.90. The molecule has 2 aromatic heterocycles. The predicted molar refractivity (Wildman–Crippen MR) is 143 cm³/mol. The maximum absolute atomic E-state index is 4.79. The molecule has 0 aliphatic carbocycles. The highest BCUT2D eigenvalue weighted by Crippen LogP contribution is 2.17. The van der Waals surface area contributed by atoms with E-state index in [1.54, 1.807) is 0 Å². The van der Waals surface area contributed by atoms with Crippen LogP contribution in [0.2, 0.25) is 0 Å². The van der Waals surface area contributed by atoms with Crippen molar-refractivity contribution in [2.45, 2.75) is 33.4 Å². The van der Waals surface area contributed by atoms with E-state index in [1.807, 2.05) is 19.3 Å². The zero-order chi connectivity index (χ0) is 21.5. The van der Waals surface area contributed by atoms with E-state index in [0.717, 1.165) is 37.8 Å². The van der Waals surface area contributed by atoms with E-state index in [-0.39, 0.29) is 24.0 Å². The van der Waals surface area contributed by atoms with Gasteiger partial charge in [0, 0.05) is 49.1 Å². The topological polar surface area (TPSA) is 70.0 Å². The number of aryl methyl sites for hydroxylation is 1. The summed E-state index contributed by atoms with van der Waals surface area (Å²) >= 11 is 0. The number of aromatic amines is 1. The third-order valence-electron chi connectivity index (χ3n) is 5.39. The van der Waals surface area contributed by atoms with Crippen LogP contribution in [0.4, 0.5) is 0 Å². The molecule has 3 N–H and O–H groups in total. The van der Waals surface area contributed by atoms with Gasteiger partial charge in [0.15, 0.2) is 5.96 Å². The van der Waals surface area contributed by atoms with E-state index in [4.69, 9.17) is 4.99 Å². The molecule has 0 spiro atoms. The van der Waals surface area contributed by atoms with Gasteiger partial charge in [-0.05, 0) is 43.0 Å². The SMILES string of the molecule is CCNC(=NCc1cccc(Cn2ccnc2C)c1)NCCc1c[nH]c2ccccc12.I. The van der Waals surface area contributed by atoms with E-state index in [9.17, 15) is 0 Å². The molecule has 168 valence electrons. The van der Waals surface area contributed by atoms with E-state index >= 15 is 0 Å². The number of benzene rings is 2. The van der Waals surface area contributed by atoms with Gasteiger partial charge in [0.05, 0.1) is 6.54 Å². The molecule has 0 amide bonds. The molecule has 0 saturated heterocycles. The Morgan fingerprint density at radius 1 is 1.09 bits per heavy atom. The van der Waals surface area contributed by atoms with Gasteiger partial charge in [0.1, 0.15) is 5.82 Å². The van der Waals surface area contributed by atoms with Crippen LogP contribution in [0, 0.1) is 6.92 Å². The van der Waals surface area contributed by atoms with Crippen molar-refractivity contribution in [2.24, 2.45) is 4.99 Å². The number of halogens is 1. The van der Waals surface area contributed by atoms with Crippen molar-refractivity contribution in [3.05, 3.63) is 89.6 Å². The Morgan fingerprint density at radius 2 is 1.94 bits per heavy atom. The number of hydrogen-bond acceptors (Lipinski definition) is 2. The first-order chi connectivity index (χ1) is 15.2. The molecule has 32 heavy (non-hydrogen) atoms. The highest BCUT2D eigenvalue weighted by Gasteiger charge is 2.04. The first kappa shape index (κ1) is 23.8. The fourth-order valence-corrected chi connectivity index (χ4v) is 3.76. The van der Waals surface area contributed by atoms with Gasteiger partial charge in [-0.15, -0.1) is 24.0 Å². The van der Waals surface area contributed by atoms with Gasteiger partial charge in [0.25, 0.3) is 0 Å². The third kappa shape index (κ3) is 6.12. The fraction of sp³-hybridized carbons (Fsp3) is 0.280. The molecular weight excluding hydrogens is 511 g/mol. The first-order valence-corrected chi connectivity index (χ1v) is 10.9. The molecule has 0 unspecified atom stereocenters. The second-order valence-electron chi connectivity index (χ2n) is 7.65. The minimum absolute atomic E-state index is 0. The second kappa shape index (κ2) is 11.7. The number of aromatic nitrogens is 3. The van der Waals surface area contributed by atoms with E-state index < -0.39 is 0 Å². The Labute approximate surface area is 206 Å². The van der Waals surface area contributed by atoms with E-state index in [0.29, 0.717) is 6.54 Å². The minimum atomic E-state index is 0. The zero-order valence-corrected chi connectivity index (χ0v) is 21.0. The molecule has 0 aliphatic heterocycles. The molecule has 2 aromatic carbocycles. The summed E-state index contributed by atoms with van der Waals surface area (Å²) in [4.78, 5) is 12.4. The standard InChI is InChI=1S/C25H30N6.HI/c1-3-26-25(28-12-11-22-17-29-24-10-5-4-9-23(22)24)30-16-20-7-6-8-21(15-20)18-31-14-13-27-19(31)2;/h4-10,13-15,17,29H,3,11-12,16,18H2,1-2H3,(H2,26,28,30);1H. The Hall–Kier alpha value is -2.81. The monoisotopic (exact) mass is 542 g/mol. The van der Waals surface area contributed by atoms with Gasteiger partial charge < -0.3 is 20.2 Å². The quantitative estimate of drug-likeness (QED) is 0.173. The molecule has 0 saturated carbocycles. The molecule has 4 aromatic rings. The lowest BCUT2D eigenvalue weighted by atomic mass is 10.1. The number of aliphatic imine (C=N–C) groups is 1. The Balaban J connectivity index is 0.00000289. The number of fused-ring (bicyclic) bond motifs is 1. The minimum Gasteiger partial charge on any atom is -0.361 e. The Bertz CT molecular complexity index is 1160. The number of imidazole rings is 1. The number of hydrogen-bond donors (Lipinski definition) is 3. The molecule has 4 rings (SSSR count). The van der Waals surface area contributed by atoms with Crippen LogP contribution in [-0.2, 0) is 19.5 Å². The van der Waals surface area contributed by atoms with Gasteiger partial charge >= 0.3 is 0 Å². The Kier molecular flexibility index (Phi) is 8.72. The second-order valence-corrected chi connectivity index (χ2v) is 7.65. The molecule has 0 radical (unpaired) electrons. The summed E-state index contributed by atoms with van der Waals surface area (Å²) in [6.45, 7) is 7.24. The first-order valence-electron chi connectivity index (χ1n) is 10.9. The summed E-state index contributed by atoms with van der Waals surface area (Å²) in [5, 5.41) is 8.10. The van der Waals surface area contributed by atoms with Crippen LogP contribution in [0.25, 0.3) is 10.9 Å². The molecule has 0 aliphatic rings. The molecule has 7 heteroatoms. The smallest absolute Gasteiger partial charge is 0.191 e. The number of nitrogens with zero attached hydrogens (tertiary/aromatic N) is 3. The van der Waals surface area contributed by atoms with Crippen molar-refractivity contribution in [1.29, 1.82) is 0 Å². The summed E-state index contributed by atoms with van der Waals surface area (Å²) in [5.74, 6) is 1.87. The van der Waals surface area contributed by atoms with Crippen LogP contribution >= 0.6 is 24.0 Å². The zero-order valence-electron chi connectivity index (χ0n) is 18.6. The van der Waals surface area contributed by atoms with Crippen LogP contribution in [-0.4, -0.2) is 33.6 Å². The van der Waals surface area contributed by atoms with Crippen LogP contribution in [0.5, 0.6) is 0 Å². The maximum Gasteiger partial charge on any atom is 0.191 e. The molecule has 6 nitrogen and oxygen atoms in total. The third-order valence-corrected chi connectivity index (χ3v) is 5.39. The average Bonchev–Trinajstić information content (AvgIpc) is 3.38. The largest absolute Gasteiger partial charge is 0.361 e. The van der Waals surface area contributed by atoms with Gasteiger partial charge in [-0.1, -0.05) is 42.5 Å². The van der Waals surface area contributed by atoms with Crippen molar-refractivity contribution in [1.82, 2.24) is 25.2 Å². The van der Waals surface area contributed by atoms with Crippen molar-refractivity contribution in [2.75, 3.05) is 13.1 Å². The summed E-state index contributed by atoms with van der Waals surface area (Å²) in [7, 11) is 0. The normalized spacial score (nSPS) is 11.4. The van der Waals surface area contributed by atoms with Crippen molar-refractivity contribution < 1.29 is 0 Å². The Morgan fingerprint density at radius 3 is 2.75 bits per heavy atom. The van der Waals surface area contributed by atoms with E-state index in [1.165, 1.54) is 27.6 Å². The summed E-state index contributed by atoms with van der Waals surface area (Å²) in [5.41, 5.74) is 4.96. The highest BCUT2D eigenvalue weighted by atomic mass is 127. The number of rotatable bonds is 8. The number of H-pyrrole nitrogens is 1. The van der Waals surface area contributed by atoms with Crippen molar-refractivity contribution >= 4 is 40.8 Å². The predicted octanol–water partition coefficient (Wildman–Crippen LogP) is 4.64. The molecule has 2 heterocycles. The van der Waals surface area contributed by atoms with Gasteiger partial charge in [-0.25, -0.2) is 9.98 Å². The van der Waals surface area contributed by atoms with Crippen LogP contribution < -0.4 is 10.6 Å². The van der Waals surface area contributed by atoms with Crippen LogP contribution in [0.15, 0.2) is 72.1 Å². The lowest BCUT2D eigenvalue weighted by Crippen LogP contribution is -2.38. The molecule has 0 atom stereocenters. The lowest BCUT2D eigenvalue weighted by molar-refractivity contribution is 0.760. The van der Waals surface area contributed by atoms with Crippen LogP contribution in [0.3, 0.4) is 0 Å². The van der Waals surface area contributed by atoms with Gasteiger partial charge in [0.2, 0.25) is 0 Å². The molecular formula is C25H31IN6. The lowest BCUT2D eigenvalue weighted by Gasteiger charge is -2.11. The molecule has 0 bridgehead atoms. The fourth-order valence-electron chi connectivity index (χ4n) is 3.76. The molecule has 0 fully saturated rings. The number of para-hydroxylation sites is 1. The van der Waals surface area contributed by atoms with Crippen molar-refractivity contribution in [3.63, 3.8) is 0 Å². The maximum atomic E-state index is 4.79. The highest BCUT2D eigenvalue weighted by molar-refractivity contribution is 14.0. The average molecular weight is 542 g/mol. The van der Waals surface area contributed by atoms with Crippen LogP contribution in [0.1, 0.15) is 29.4 Å². The van der Waals surface area contributed by atoms with Crippen molar-refractivity contribution in [3.8, 4) is 0 Å². The van der Waals surface area contributed by atoms with Gasteiger partial charge in [-0.2, -0.15) is 0 Å². The number of guanidine groups is 1. The van der Waals surface area contributed by atoms with Gasteiger partial charge in [-0.3, -0.25) is 0 Å².